The van der Waals surface area contributed by atoms with E-state index >= 15 is 0 Å². The van der Waals surface area contributed by atoms with Crippen LogP contribution in [-0.4, -0.2) is 11.2 Å². The summed E-state index contributed by atoms with van der Waals surface area (Å²) in [4.78, 5) is 4.09. The Bertz CT molecular complexity index is 674. The molecule has 0 atom stereocenters. The average Bonchev–Trinajstić information content (AvgIpc) is 2.84. The highest BCUT2D eigenvalue weighted by molar-refractivity contribution is 5.72. The molecule has 0 amide bonds. The van der Waals surface area contributed by atoms with Crippen molar-refractivity contribution in [1.82, 2.24) is 4.98 Å². The molecule has 0 aliphatic heterocycles. The largest absolute Gasteiger partial charge is 0.441 e. The zero-order chi connectivity index (χ0) is 15.5. The first-order chi connectivity index (χ1) is 9.87. The Kier molecular flexibility index (Phi) is 3.86. The second-order valence-corrected chi connectivity index (χ2v) is 4.67. The number of benzene rings is 1. The number of aromatic nitrogens is 1. The maximum atomic E-state index is 12.3. The topological polar surface area (TPSA) is 73.6 Å². The van der Waals surface area contributed by atoms with Gasteiger partial charge in [-0.2, -0.15) is 23.7 Å². The quantitative estimate of drug-likeness (QED) is 0.860. The summed E-state index contributed by atoms with van der Waals surface area (Å²) in [5.41, 5.74) is -0.794. The third-order valence-corrected chi connectivity index (χ3v) is 3.05. The lowest BCUT2D eigenvalue weighted by atomic mass is 9.83. The number of rotatable bonds is 4. The van der Waals surface area contributed by atoms with Gasteiger partial charge in [-0.15, -0.1) is 0 Å². The van der Waals surface area contributed by atoms with Crippen molar-refractivity contribution in [3.63, 3.8) is 0 Å². The minimum atomic E-state index is -4.42. The fourth-order valence-electron chi connectivity index (χ4n) is 1.91. The molecule has 0 fully saturated rings. The van der Waals surface area contributed by atoms with Gasteiger partial charge in [0.05, 0.1) is 18.6 Å². The van der Waals surface area contributed by atoms with E-state index in [0.717, 1.165) is 0 Å². The highest BCUT2D eigenvalue weighted by Gasteiger charge is 2.38. The monoisotopic (exact) mass is 293 g/mol. The van der Waals surface area contributed by atoms with Crippen molar-refractivity contribution in [3.8, 4) is 12.1 Å². The Morgan fingerprint density at radius 1 is 1.10 bits per heavy atom. The maximum Gasteiger partial charge on any atom is 0.389 e. The highest BCUT2D eigenvalue weighted by atomic mass is 19.4. The van der Waals surface area contributed by atoms with E-state index in [2.05, 4.69) is 4.98 Å². The van der Waals surface area contributed by atoms with Gasteiger partial charge in [0.25, 0.3) is 0 Å². The number of oxazole rings is 1. The van der Waals surface area contributed by atoms with Crippen LogP contribution in [0.25, 0.3) is 11.1 Å². The maximum absolute atomic E-state index is 12.3. The van der Waals surface area contributed by atoms with E-state index in [1.165, 1.54) is 0 Å². The first-order valence-electron chi connectivity index (χ1n) is 6.11. The van der Waals surface area contributed by atoms with E-state index in [0.29, 0.717) is 11.1 Å². The van der Waals surface area contributed by atoms with Gasteiger partial charge >= 0.3 is 6.18 Å². The summed E-state index contributed by atoms with van der Waals surface area (Å²) in [6, 6.07) is 10.1. The van der Waals surface area contributed by atoms with Crippen molar-refractivity contribution < 1.29 is 17.6 Å². The van der Waals surface area contributed by atoms with Crippen molar-refractivity contribution in [2.75, 3.05) is 0 Å². The van der Waals surface area contributed by atoms with E-state index in [4.69, 9.17) is 14.9 Å². The van der Waals surface area contributed by atoms with E-state index in [9.17, 15) is 13.2 Å². The van der Waals surface area contributed by atoms with Crippen LogP contribution in [0.4, 0.5) is 13.2 Å². The molecule has 0 aliphatic carbocycles. The van der Waals surface area contributed by atoms with Crippen LogP contribution in [0, 0.1) is 28.1 Å². The van der Waals surface area contributed by atoms with Crippen molar-refractivity contribution >= 4 is 11.1 Å². The smallest absolute Gasteiger partial charge is 0.389 e. The highest BCUT2D eigenvalue weighted by Crippen LogP contribution is 2.33. The zero-order valence-corrected chi connectivity index (χ0v) is 10.8. The molecule has 108 valence electrons. The number of fused-ring (bicyclic) bond motifs is 1. The molecule has 0 unspecified atom stereocenters. The predicted octanol–water partition coefficient (Wildman–Crippen LogP) is 3.75. The summed E-state index contributed by atoms with van der Waals surface area (Å²) < 4.78 is 42.3. The van der Waals surface area contributed by atoms with Crippen molar-refractivity contribution in [2.24, 2.45) is 5.41 Å². The molecule has 2 aromatic rings. The Morgan fingerprint density at radius 3 is 2.33 bits per heavy atom. The first-order valence-corrected chi connectivity index (χ1v) is 6.11. The van der Waals surface area contributed by atoms with E-state index in [-0.39, 0.29) is 12.3 Å². The third kappa shape index (κ3) is 3.51. The minimum Gasteiger partial charge on any atom is -0.441 e. The number of alkyl halides is 3. The fourth-order valence-corrected chi connectivity index (χ4v) is 1.91. The van der Waals surface area contributed by atoms with E-state index < -0.39 is 24.4 Å². The van der Waals surface area contributed by atoms with Crippen LogP contribution in [0.2, 0.25) is 0 Å². The molecule has 0 spiro atoms. The van der Waals surface area contributed by atoms with Gasteiger partial charge in [0.2, 0.25) is 0 Å². The standard InChI is InChI=1S/C14H10F3N3O/c15-14(16,17)6-5-13(8-18,9-19)7-12-20-10-3-1-2-4-11(10)21-12/h1-4H,5-7H2. The van der Waals surface area contributed by atoms with Gasteiger partial charge in [-0.25, -0.2) is 4.98 Å². The summed E-state index contributed by atoms with van der Waals surface area (Å²) in [6.07, 6.45) is -6.50. The Morgan fingerprint density at radius 2 is 1.76 bits per heavy atom. The summed E-state index contributed by atoms with van der Waals surface area (Å²) in [5.74, 6) is 0.0847. The van der Waals surface area contributed by atoms with Gasteiger partial charge in [-0.3, -0.25) is 0 Å². The molecular weight excluding hydrogens is 283 g/mol. The first kappa shape index (κ1) is 14.9. The Hall–Kier alpha value is -2.54. The Labute approximate surface area is 118 Å². The Balaban J connectivity index is 2.23. The molecule has 7 heteroatoms. The molecule has 1 aromatic heterocycles. The number of halogens is 3. The lowest BCUT2D eigenvalue weighted by molar-refractivity contribution is -0.138. The van der Waals surface area contributed by atoms with Gasteiger partial charge in [0, 0.05) is 6.42 Å². The molecule has 1 heterocycles. The molecule has 2 rings (SSSR count). The van der Waals surface area contributed by atoms with Crippen LogP contribution < -0.4 is 0 Å². The predicted molar refractivity (Wildman–Crippen MR) is 66.7 cm³/mol. The van der Waals surface area contributed by atoms with Crippen LogP contribution in [0.15, 0.2) is 28.7 Å². The van der Waals surface area contributed by atoms with Crippen LogP contribution >= 0.6 is 0 Å². The van der Waals surface area contributed by atoms with Gasteiger partial charge in [0.1, 0.15) is 5.52 Å². The molecule has 0 saturated carbocycles. The molecule has 4 nitrogen and oxygen atoms in total. The fraction of sp³-hybridized carbons (Fsp3) is 0.357. The number of nitrogens with zero attached hydrogens (tertiary/aromatic N) is 3. The molecule has 0 bridgehead atoms. The summed E-state index contributed by atoms with van der Waals surface area (Å²) >= 11 is 0. The summed E-state index contributed by atoms with van der Waals surface area (Å²) in [6.45, 7) is 0. The number of hydrogen-bond donors (Lipinski definition) is 0. The number of hydrogen-bond acceptors (Lipinski definition) is 4. The van der Waals surface area contributed by atoms with Crippen molar-refractivity contribution in [1.29, 1.82) is 10.5 Å². The normalized spacial score (nSPS) is 12.0. The molecule has 0 saturated heterocycles. The van der Waals surface area contributed by atoms with Gasteiger partial charge in [-0.05, 0) is 18.6 Å². The summed E-state index contributed by atoms with van der Waals surface area (Å²) in [5, 5.41) is 18.2. The minimum absolute atomic E-state index is 0.0847. The van der Waals surface area contributed by atoms with Crippen LogP contribution in [0.3, 0.4) is 0 Å². The zero-order valence-electron chi connectivity index (χ0n) is 10.8. The van der Waals surface area contributed by atoms with Gasteiger partial charge in [-0.1, -0.05) is 12.1 Å². The van der Waals surface area contributed by atoms with E-state index in [1.807, 2.05) is 0 Å². The second-order valence-electron chi connectivity index (χ2n) is 4.67. The number of para-hydroxylation sites is 2. The van der Waals surface area contributed by atoms with Gasteiger partial charge < -0.3 is 4.42 Å². The molecule has 21 heavy (non-hydrogen) atoms. The average molecular weight is 293 g/mol. The van der Waals surface area contributed by atoms with Crippen LogP contribution in [-0.2, 0) is 6.42 Å². The molecular formula is C14H10F3N3O. The lowest BCUT2D eigenvalue weighted by Crippen LogP contribution is -2.23. The molecule has 0 N–H and O–H groups in total. The van der Waals surface area contributed by atoms with Crippen LogP contribution in [0.5, 0.6) is 0 Å². The summed E-state index contributed by atoms with van der Waals surface area (Å²) in [7, 11) is 0. The molecule has 0 radical (unpaired) electrons. The molecule has 0 aliphatic rings. The molecule has 1 aromatic carbocycles. The second kappa shape index (κ2) is 5.45. The van der Waals surface area contributed by atoms with Crippen molar-refractivity contribution in [3.05, 3.63) is 30.2 Å². The van der Waals surface area contributed by atoms with Crippen molar-refractivity contribution in [2.45, 2.75) is 25.4 Å². The van der Waals surface area contributed by atoms with Crippen LogP contribution in [0.1, 0.15) is 18.7 Å². The lowest BCUT2D eigenvalue weighted by Gasteiger charge is -2.17. The van der Waals surface area contributed by atoms with E-state index in [1.54, 1.807) is 36.4 Å². The van der Waals surface area contributed by atoms with Gasteiger partial charge in [0.15, 0.2) is 16.9 Å². The third-order valence-electron chi connectivity index (χ3n) is 3.05. The SMILES string of the molecule is N#CC(C#N)(CCC(F)(F)F)Cc1nc2ccccc2o1. The number of nitriles is 2.